The number of carbonyl (C=O) groups is 1. The lowest BCUT2D eigenvalue weighted by Crippen LogP contribution is -2.57. The Bertz CT molecular complexity index is 911. The molecular weight excluding hydrogens is 415 g/mol. The van der Waals surface area contributed by atoms with Crippen LogP contribution in [0.1, 0.15) is 18.7 Å². The van der Waals surface area contributed by atoms with Crippen LogP contribution in [0, 0.1) is 0 Å². The molecule has 2 aromatic rings. The van der Waals surface area contributed by atoms with Crippen molar-refractivity contribution in [1.29, 1.82) is 0 Å². The van der Waals surface area contributed by atoms with Gasteiger partial charge in [0.25, 0.3) is 0 Å². The van der Waals surface area contributed by atoms with Crippen molar-refractivity contribution in [3.63, 3.8) is 0 Å². The van der Waals surface area contributed by atoms with Gasteiger partial charge in [-0.1, -0.05) is 28.9 Å². The van der Waals surface area contributed by atoms with Gasteiger partial charge >= 0.3 is 0 Å². The number of hydrogen-bond donors (Lipinski definition) is 2. The third kappa shape index (κ3) is 4.60. The second kappa shape index (κ2) is 8.55. The number of sulfone groups is 1. The molecule has 0 saturated carbocycles. The van der Waals surface area contributed by atoms with Crippen LogP contribution in [-0.4, -0.2) is 48.6 Å². The van der Waals surface area contributed by atoms with Gasteiger partial charge in [-0.15, -0.1) is 12.4 Å². The summed E-state index contributed by atoms with van der Waals surface area (Å²) in [4.78, 5) is 16.8. The van der Waals surface area contributed by atoms with Crippen molar-refractivity contribution in [3.05, 3.63) is 35.2 Å². The number of aromatic nitrogens is 2. The standard InChI is InChI=1S/C16H19ClN4O4S.ClH/c1-26(23,24)16(5-7-18-8-6-16)15(22)19-10-13-20-14(21-25-13)11-3-2-4-12(17)9-11;/h2-4,9,18H,5-8,10H2,1H3,(H,19,22);1H. The molecule has 11 heteroatoms. The van der Waals surface area contributed by atoms with E-state index in [2.05, 4.69) is 20.8 Å². The Hall–Kier alpha value is -1.68. The molecular formula is C16H20Cl2N4O4S. The lowest BCUT2D eigenvalue weighted by atomic mass is 9.96. The Morgan fingerprint density at radius 3 is 2.70 bits per heavy atom. The van der Waals surface area contributed by atoms with E-state index >= 15 is 0 Å². The number of hydrogen-bond acceptors (Lipinski definition) is 7. The van der Waals surface area contributed by atoms with Crippen molar-refractivity contribution in [3.8, 4) is 11.4 Å². The summed E-state index contributed by atoms with van der Waals surface area (Å²) in [5.41, 5.74) is 0.685. The summed E-state index contributed by atoms with van der Waals surface area (Å²) in [5, 5.41) is 10.1. The van der Waals surface area contributed by atoms with Crippen molar-refractivity contribution in [2.24, 2.45) is 0 Å². The molecule has 0 bridgehead atoms. The second-order valence-corrected chi connectivity index (χ2v) is 8.98. The molecule has 148 valence electrons. The molecule has 1 aromatic heterocycles. The number of amides is 1. The molecule has 2 N–H and O–H groups in total. The molecule has 0 aliphatic carbocycles. The molecule has 1 fully saturated rings. The van der Waals surface area contributed by atoms with Crippen molar-refractivity contribution in [1.82, 2.24) is 20.8 Å². The van der Waals surface area contributed by atoms with E-state index in [1.807, 2.05) is 0 Å². The minimum absolute atomic E-state index is 0. The maximum absolute atomic E-state index is 12.6. The van der Waals surface area contributed by atoms with Crippen LogP contribution in [-0.2, 0) is 21.2 Å². The molecule has 1 saturated heterocycles. The van der Waals surface area contributed by atoms with Crippen molar-refractivity contribution in [2.75, 3.05) is 19.3 Å². The molecule has 8 nitrogen and oxygen atoms in total. The summed E-state index contributed by atoms with van der Waals surface area (Å²) in [6.07, 6.45) is 1.56. The summed E-state index contributed by atoms with van der Waals surface area (Å²) in [6, 6.07) is 6.98. The number of halogens is 2. The van der Waals surface area contributed by atoms with Crippen LogP contribution in [0.15, 0.2) is 28.8 Å². The first-order valence-electron chi connectivity index (χ1n) is 8.09. The minimum atomic E-state index is -3.57. The highest BCUT2D eigenvalue weighted by Gasteiger charge is 2.48. The number of rotatable bonds is 5. The van der Waals surface area contributed by atoms with Crippen LogP contribution in [0.5, 0.6) is 0 Å². The second-order valence-electron chi connectivity index (χ2n) is 6.22. The highest BCUT2D eigenvalue weighted by atomic mass is 35.5. The Kier molecular flexibility index (Phi) is 6.85. The third-order valence-electron chi connectivity index (χ3n) is 4.49. The maximum atomic E-state index is 12.6. The molecule has 0 unspecified atom stereocenters. The van der Waals surface area contributed by atoms with E-state index in [0.29, 0.717) is 29.5 Å². The molecule has 1 aliphatic heterocycles. The van der Waals surface area contributed by atoms with Crippen LogP contribution in [0.3, 0.4) is 0 Å². The molecule has 0 radical (unpaired) electrons. The van der Waals surface area contributed by atoms with Crippen molar-refractivity contribution >= 4 is 39.8 Å². The predicted molar refractivity (Wildman–Crippen MR) is 104 cm³/mol. The predicted octanol–water partition coefficient (Wildman–Crippen LogP) is 1.59. The van der Waals surface area contributed by atoms with Crippen LogP contribution >= 0.6 is 24.0 Å². The first-order chi connectivity index (χ1) is 12.3. The number of piperidine rings is 1. The van der Waals surface area contributed by atoms with Gasteiger partial charge < -0.3 is 15.2 Å². The summed E-state index contributed by atoms with van der Waals surface area (Å²) < 4.78 is 28.2. The normalized spacial score (nSPS) is 16.4. The summed E-state index contributed by atoms with van der Waals surface area (Å²) in [5.74, 6) is -0.00800. The molecule has 3 rings (SSSR count). The van der Waals surface area contributed by atoms with Crippen molar-refractivity contribution in [2.45, 2.75) is 24.1 Å². The van der Waals surface area contributed by atoms with Gasteiger partial charge in [0, 0.05) is 16.8 Å². The maximum Gasteiger partial charge on any atom is 0.246 e. The molecule has 1 amide bonds. The molecule has 0 spiro atoms. The molecule has 1 aliphatic rings. The van der Waals surface area contributed by atoms with Crippen LogP contribution in [0.2, 0.25) is 5.02 Å². The quantitative estimate of drug-likeness (QED) is 0.733. The van der Waals surface area contributed by atoms with E-state index in [9.17, 15) is 13.2 Å². The zero-order valence-electron chi connectivity index (χ0n) is 14.6. The van der Waals surface area contributed by atoms with Gasteiger partial charge in [-0.25, -0.2) is 8.42 Å². The van der Waals surface area contributed by atoms with Gasteiger partial charge in [0.05, 0.1) is 6.54 Å². The highest BCUT2D eigenvalue weighted by molar-refractivity contribution is 7.92. The topological polar surface area (TPSA) is 114 Å². The fourth-order valence-electron chi connectivity index (χ4n) is 2.99. The Labute approximate surface area is 168 Å². The number of nitrogens with zero attached hydrogens (tertiary/aromatic N) is 2. The van der Waals surface area contributed by atoms with Gasteiger partial charge in [0.1, 0.15) is 0 Å². The Morgan fingerprint density at radius 2 is 2.07 bits per heavy atom. The monoisotopic (exact) mass is 434 g/mol. The summed E-state index contributed by atoms with van der Waals surface area (Å²) in [6.45, 7) is 0.900. The lowest BCUT2D eigenvalue weighted by Gasteiger charge is -2.34. The summed E-state index contributed by atoms with van der Waals surface area (Å²) >= 11 is 5.94. The highest BCUT2D eigenvalue weighted by Crippen LogP contribution is 2.28. The molecule has 0 atom stereocenters. The van der Waals surface area contributed by atoms with E-state index in [0.717, 1.165) is 6.26 Å². The Morgan fingerprint density at radius 1 is 1.37 bits per heavy atom. The Balaban J connectivity index is 0.00000261. The molecule has 27 heavy (non-hydrogen) atoms. The minimum Gasteiger partial charge on any atom is -0.346 e. The number of nitrogens with one attached hydrogen (secondary N) is 2. The number of carbonyl (C=O) groups excluding carboxylic acids is 1. The molecule has 2 heterocycles. The van der Waals surface area contributed by atoms with E-state index in [1.165, 1.54) is 0 Å². The number of benzene rings is 1. The van der Waals surface area contributed by atoms with Gasteiger partial charge in [-0.2, -0.15) is 4.98 Å². The average Bonchev–Trinajstić information content (AvgIpc) is 3.08. The molecule has 1 aromatic carbocycles. The average molecular weight is 435 g/mol. The lowest BCUT2D eigenvalue weighted by molar-refractivity contribution is -0.124. The van der Waals surface area contributed by atoms with E-state index in [-0.39, 0.29) is 37.7 Å². The van der Waals surface area contributed by atoms with Crippen molar-refractivity contribution < 1.29 is 17.7 Å². The van der Waals surface area contributed by atoms with E-state index < -0.39 is 20.5 Å². The van der Waals surface area contributed by atoms with Gasteiger partial charge in [-0.05, 0) is 38.1 Å². The fraction of sp³-hybridized carbons (Fsp3) is 0.438. The zero-order valence-corrected chi connectivity index (χ0v) is 17.0. The zero-order chi connectivity index (χ0) is 18.8. The first-order valence-corrected chi connectivity index (χ1v) is 10.4. The van der Waals surface area contributed by atoms with Gasteiger partial charge in [0.15, 0.2) is 14.6 Å². The van der Waals surface area contributed by atoms with Gasteiger partial charge in [-0.3, -0.25) is 4.79 Å². The summed E-state index contributed by atoms with van der Waals surface area (Å²) in [7, 11) is -3.57. The van der Waals surface area contributed by atoms with Crippen LogP contribution in [0.25, 0.3) is 11.4 Å². The van der Waals surface area contributed by atoms with Gasteiger partial charge in [0.2, 0.25) is 17.6 Å². The SMILES string of the molecule is CS(=O)(=O)C1(C(=O)NCc2nc(-c3cccc(Cl)c3)no2)CCNCC1.Cl. The fourth-order valence-corrected chi connectivity index (χ4v) is 4.53. The largest absolute Gasteiger partial charge is 0.346 e. The van der Waals surface area contributed by atoms with E-state index in [4.69, 9.17) is 16.1 Å². The smallest absolute Gasteiger partial charge is 0.246 e. The van der Waals surface area contributed by atoms with Crippen LogP contribution in [0.4, 0.5) is 0 Å². The van der Waals surface area contributed by atoms with E-state index in [1.54, 1.807) is 24.3 Å². The van der Waals surface area contributed by atoms with Crippen LogP contribution < -0.4 is 10.6 Å². The first kappa shape index (κ1) is 21.6. The third-order valence-corrected chi connectivity index (χ3v) is 6.73.